The highest BCUT2D eigenvalue weighted by Gasteiger charge is 2.28. The van der Waals surface area contributed by atoms with Crippen LogP contribution in [0.25, 0.3) is 0 Å². The molecule has 0 atom stereocenters. The van der Waals surface area contributed by atoms with Crippen LogP contribution in [0, 0.1) is 13.8 Å². The third kappa shape index (κ3) is 7.13. The lowest BCUT2D eigenvalue weighted by Gasteiger charge is -2.14. The van der Waals surface area contributed by atoms with Crippen LogP contribution in [0.3, 0.4) is 0 Å². The van der Waals surface area contributed by atoms with Gasteiger partial charge >= 0.3 is 6.18 Å². The number of aryl methyl sites for hydroxylation is 2. The maximum atomic E-state index is 12.5. The molecule has 0 fully saturated rings. The fraction of sp³-hybridized carbons (Fsp3) is 0.421. The van der Waals surface area contributed by atoms with E-state index < -0.39 is 12.8 Å². The zero-order valence-corrected chi connectivity index (χ0v) is 16.7. The minimum atomic E-state index is -4.41. The van der Waals surface area contributed by atoms with Crippen molar-refractivity contribution in [2.24, 2.45) is 12.0 Å². The molecular weight excluding hydrogens is 385 g/mol. The third-order valence-electron chi connectivity index (χ3n) is 4.03. The van der Waals surface area contributed by atoms with Crippen LogP contribution < -0.4 is 15.4 Å². The average molecular weight is 410 g/mol. The molecule has 29 heavy (non-hydrogen) atoms. The largest absolute Gasteiger partial charge is 0.484 e. The minimum Gasteiger partial charge on any atom is -0.484 e. The van der Waals surface area contributed by atoms with Gasteiger partial charge in [-0.2, -0.15) is 13.2 Å². The van der Waals surface area contributed by atoms with Crippen LogP contribution in [0.2, 0.25) is 0 Å². The second kappa shape index (κ2) is 9.94. The van der Waals surface area contributed by atoms with Crippen LogP contribution in [0.5, 0.6) is 5.75 Å². The predicted octanol–water partition coefficient (Wildman–Crippen LogP) is 2.79. The maximum Gasteiger partial charge on any atom is 0.422 e. The Morgan fingerprint density at radius 2 is 2.03 bits per heavy atom. The molecule has 0 spiro atoms. The van der Waals surface area contributed by atoms with Crippen LogP contribution in [0.15, 0.2) is 35.8 Å². The monoisotopic (exact) mass is 410 g/mol. The molecule has 2 rings (SSSR count). The molecule has 0 radical (unpaired) electrons. The van der Waals surface area contributed by atoms with Crippen LogP contribution in [-0.2, 0) is 20.1 Å². The molecule has 1 aromatic carbocycles. The standard InChI is InChI=1S/C19H25F3N6O/c1-5-8-23-18(25-11-17-27-26-14(3)28(17)4)24-10-15-7-6-13(2)9-16(15)29-12-19(20,21)22/h5-7,9H,1,8,10-12H2,2-4H3,(H2,23,24,25). The van der Waals surface area contributed by atoms with Gasteiger partial charge in [-0.1, -0.05) is 18.2 Å². The molecule has 0 saturated carbocycles. The van der Waals surface area contributed by atoms with E-state index in [1.165, 1.54) is 0 Å². The van der Waals surface area contributed by atoms with Gasteiger partial charge in [0.15, 0.2) is 18.4 Å². The predicted molar refractivity (Wildman–Crippen MR) is 105 cm³/mol. The summed E-state index contributed by atoms with van der Waals surface area (Å²) in [7, 11) is 1.86. The molecule has 0 aliphatic heterocycles. The number of ether oxygens (including phenoxy) is 1. The zero-order chi connectivity index (χ0) is 21.4. The smallest absolute Gasteiger partial charge is 0.422 e. The van der Waals surface area contributed by atoms with E-state index in [-0.39, 0.29) is 12.3 Å². The molecule has 10 heteroatoms. The number of halogens is 3. The Kier molecular flexibility index (Phi) is 7.63. The molecule has 158 valence electrons. The summed E-state index contributed by atoms with van der Waals surface area (Å²) in [5, 5.41) is 14.3. The van der Waals surface area contributed by atoms with Crippen LogP contribution in [0.1, 0.15) is 22.8 Å². The summed E-state index contributed by atoms with van der Waals surface area (Å²) < 4.78 is 44.4. The average Bonchev–Trinajstić information content (AvgIpc) is 2.98. The first-order valence-electron chi connectivity index (χ1n) is 8.96. The van der Waals surface area contributed by atoms with Gasteiger partial charge in [0.1, 0.15) is 11.6 Å². The topological polar surface area (TPSA) is 76.4 Å². The number of alkyl halides is 3. The molecule has 2 N–H and O–H groups in total. The van der Waals surface area contributed by atoms with Crippen LogP contribution >= 0.6 is 0 Å². The number of hydrogen-bond donors (Lipinski definition) is 2. The first-order chi connectivity index (χ1) is 13.7. The molecular formula is C19H25F3N6O. The maximum absolute atomic E-state index is 12.5. The van der Waals surface area contributed by atoms with Gasteiger partial charge in [0.25, 0.3) is 0 Å². The van der Waals surface area contributed by atoms with Crippen molar-refractivity contribution in [3.05, 3.63) is 53.6 Å². The molecule has 0 saturated heterocycles. The number of benzene rings is 1. The van der Waals surface area contributed by atoms with Crippen molar-refractivity contribution in [3.63, 3.8) is 0 Å². The molecule has 1 aromatic heterocycles. The molecule has 0 aliphatic carbocycles. The highest BCUT2D eigenvalue weighted by atomic mass is 19.4. The number of rotatable bonds is 8. The van der Waals surface area contributed by atoms with Gasteiger partial charge < -0.3 is 19.9 Å². The lowest BCUT2D eigenvalue weighted by atomic mass is 10.1. The lowest BCUT2D eigenvalue weighted by molar-refractivity contribution is -0.153. The SMILES string of the molecule is C=CCNC(=NCc1ccc(C)cc1OCC(F)(F)F)NCc1nnc(C)n1C. The number of hydrogen-bond acceptors (Lipinski definition) is 4. The molecule has 0 amide bonds. The second-order valence-electron chi connectivity index (χ2n) is 6.43. The lowest BCUT2D eigenvalue weighted by Crippen LogP contribution is -2.37. The third-order valence-corrected chi connectivity index (χ3v) is 4.03. The van der Waals surface area contributed by atoms with E-state index in [1.54, 1.807) is 31.2 Å². The summed E-state index contributed by atoms with van der Waals surface area (Å²) in [6.07, 6.45) is -2.73. The Morgan fingerprint density at radius 3 is 2.66 bits per heavy atom. The van der Waals surface area contributed by atoms with Crippen molar-refractivity contribution in [1.82, 2.24) is 25.4 Å². The van der Waals surface area contributed by atoms with Crippen molar-refractivity contribution < 1.29 is 17.9 Å². The van der Waals surface area contributed by atoms with Gasteiger partial charge in [-0.05, 0) is 25.5 Å². The quantitative estimate of drug-likeness (QED) is 0.398. The summed E-state index contributed by atoms with van der Waals surface area (Å²) in [5.74, 6) is 2.14. The molecule has 0 bridgehead atoms. The molecule has 1 heterocycles. The minimum absolute atomic E-state index is 0.137. The Bertz CT molecular complexity index is 860. The Morgan fingerprint density at radius 1 is 1.28 bits per heavy atom. The fourth-order valence-corrected chi connectivity index (χ4v) is 2.36. The molecule has 7 nitrogen and oxygen atoms in total. The summed E-state index contributed by atoms with van der Waals surface area (Å²) in [4.78, 5) is 4.45. The number of nitrogens with one attached hydrogen (secondary N) is 2. The van der Waals surface area contributed by atoms with E-state index in [0.717, 1.165) is 17.2 Å². The van der Waals surface area contributed by atoms with E-state index in [4.69, 9.17) is 4.74 Å². The van der Waals surface area contributed by atoms with Crippen molar-refractivity contribution in [3.8, 4) is 5.75 Å². The van der Waals surface area contributed by atoms with Crippen molar-refractivity contribution in [2.75, 3.05) is 13.2 Å². The Hall–Kier alpha value is -3.04. The van der Waals surface area contributed by atoms with Gasteiger partial charge in [0, 0.05) is 19.2 Å². The van der Waals surface area contributed by atoms with Gasteiger partial charge in [-0.3, -0.25) is 0 Å². The zero-order valence-electron chi connectivity index (χ0n) is 16.7. The molecule has 0 aliphatic rings. The number of aliphatic imine (C=N–C) groups is 1. The van der Waals surface area contributed by atoms with E-state index in [9.17, 15) is 13.2 Å². The van der Waals surface area contributed by atoms with Gasteiger partial charge in [0.05, 0.1) is 13.1 Å². The van der Waals surface area contributed by atoms with Gasteiger partial charge in [0.2, 0.25) is 0 Å². The highest BCUT2D eigenvalue weighted by Crippen LogP contribution is 2.24. The Labute approximate surface area is 167 Å². The normalized spacial score (nSPS) is 12.0. The molecule has 0 unspecified atom stereocenters. The van der Waals surface area contributed by atoms with Crippen molar-refractivity contribution >= 4 is 5.96 Å². The summed E-state index contributed by atoms with van der Waals surface area (Å²) in [5.41, 5.74) is 1.35. The summed E-state index contributed by atoms with van der Waals surface area (Å²) in [6, 6.07) is 5.09. The first kappa shape index (κ1) is 22.3. The van der Waals surface area contributed by atoms with E-state index >= 15 is 0 Å². The molecule has 2 aromatic rings. The summed E-state index contributed by atoms with van der Waals surface area (Å²) >= 11 is 0. The number of aromatic nitrogens is 3. The fourth-order valence-electron chi connectivity index (χ4n) is 2.36. The van der Waals surface area contributed by atoms with Gasteiger partial charge in [-0.15, -0.1) is 16.8 Å². The van der Waals surface area contributed by atoms with E-state index in [2.05, 4.69) is 32.4 Å². The second-order valence-corrected chi connectivity index (χ2v) is 6.43. The Balaban J connectivity index is 2.12. The highest BCUT2D eigenvalue weighted by molar-refractivity contribution is 5.79. The number of guanidine groups is 1. The van der Waals surface area contributed by atoms with Crippen LogP contribution in [-0.4, -0.2) is 40.1 Å². The van der Waals surface area contributed by atoms with Crippen LogP contribution in [0.4, 0.5) is 13.2 Å². The van der Waals surface area contributed by atoms with Crippen molar-refractivity contribution in [1.29, 1.82) is 0 Å². The summed E-state index contributed by atoms with van der Waals surface area (Å²) in [6.45, 7) is 6.93. The number of nitrogens with zero attached hydrogens (tertiary/aromatic N) is 4. The van der Waals surface area contributed by atoms with E-state index in [0.29, 0.717) is 24.6 Å². The first-order valence-corrected chi connectivity index (χ1v) is 8.96. The van der Waals surface area contributed by atoms with Gasteiger partial charge in [-0.25, -0.2) is 4.99 Å². The van der Waals surface area contributed by atoms with E-state index in [1.807, 2.05) is 18.5 Å². The van der Waals surface area contributed by atoms with Crippen molar-refractivity contribution in [2.45, 2.75) is 33.1 Å².